The van der Waals surface area contributed by atoms with Gasteiger partial charge in [0.05, 0.1) is 0 Å². The molecule has 1 fully saturated rings. The maximum absolute atomic E-state index is 6.28. The molecule has 1 atom stereocenters. The average molecular weight is 260 g/mol. The summed E-state index contributed by atoms with van der Waals surface area (Å²) < 4.78 is 0. The highest BCUT2D eigenvalue weighted by Crippen LogP contribution is 2.33. The van der Waals surface area contributed by atoms with Crippen molar-refractivity contribution in [3.63, 3.8) is 0 Å². The number of hydrogen-bond donors (Lipinski definition) is 1. The molecule has 1 aliphatic rings. The molecule has 0 unspecified atom stereocenters. The summed E-state index contributed by atoms with van der Waals surface area (Å²) >= 11 is 5.86. The molecular weight excluding hydrogens is 241 g/mol. The number of halogens is 2. The molecule has 1 aliphatic carbocycles. The summed E-state index contributed by atoms with van der Waals surface area (Å²) in [5, 5.41) is 0.787. The van der Waals surface area contributed by atoms with E-state index in [-0.39, 0.29) is 18.4 Å². The van der Waals surface area contributed by atoms with Gasteiger partial charge in [-0.2, -0.15) is 0 Å². The molecule has 0 saturated heterocycles. The Labute approximate surface area is 109 Å². The van der Waals surface area contributed by atoms with Crippen LogP contribution in [0.5, 0.6) is 0 Å². The van der Waals surface area contributed by atoms with Crippen LogP contribution >= 0.6 is 24.0 Å². The van der Waals surface area contributed by atoms with Crippen LogP contribution in [0, 0.1) is 5.92 Å². The molecular formula is C13H19Cl2N. The van der Waals surface area contributed by atoms with Crippen LogP contribution in [-0.4, -0.2) is 0 Å². The van der Waals surface area contributed by atoms with Gasteiger partial charge < -0.3 is 5.73 Å². The molecule has 0 aliphatic heterocycles. The van der Waals surface area contributed by atoms with Gasteiger partial charge in [-0.1, -0.05) is 43.0 Å². The Morgan fingerprint density at radius 1 is 1.06 bits per heavy atom. The van der Waals surface area contributed by atoms with Gasteiger partial charge in [0.15, 0.2) is 0 Å². The highest BCUT2D eigenvalue weighted by atomic mass is 35.5. The van der Waals surface area contributed by atoms with E-state index in [1.807, 2.05) is 12.1 Å². The van der Waals surface area contributed by atoms with Crippen molar-refractivity contribution in [2.24, 2.45) is 11.7 Å². The van der Waals surface area contributed by atoms with Crippen LogP contribution in [0.3, 0.4) is 0 Å². The SMILES string of the molecule is Cl.N[C@@H](c1ccc(Cl)cc1)C1CCCCC1. The van der Waals surface area contributed by atoms with Gasteiger partial charge in [-0.25, -0.2) is 0 Å². The van der Waals surface area contributed by atoms with Gasteiger partial charge in [-0.3, -0.25) is 0 Å². The Kier molecular flexibility index (Phi) is 5.60. The molecule has 16 heavy (non-hydrogen) atoms. The minimum Gasteiger partial charge on any atom is -0.324 e. The Morgan fingerprint density at radius 3 is 2.19 bits per heavy atom. The minimum absolute atomic E-state index is 0. The lowest BCUT2D eigenvalue weighted by atomic mass is 9.82. The molecule has 0 radical (unpaired) electrons. The smallest absolute Gasteiger partial charge is 0.0406 e. The molecule has 1 nitrogen and oxygen atoms in total. The Hall–Kier alpha value is -0.240. The number of benzene rings is 1. The summed E-state index contributed by atoms with van der Waals surface area (Å²) in [5.41, 5.74) is 7.50. The molecule has 2 rings (SSSR count). The fourth-order valence-corrected chi connectivity index (χ4v) is 2.58. The topological polar surface area (TPSA) is 26.0 Å². The molecule has 3 heteroatoms. The van der Waals surface area contributed by atoms with Crippen LogP contribution in [0.2, 0.25) is 5.02 Å². The van der Waals surface area contributed by atoms with Crippen LogP contribution in [-0.2, 0) is 0 Å². The normalized spacial score (nSPS) is 18.9. The third kappa shape index (κ3) is 3.38. The lowest BCUT2D eigenvalue weighted by Crippen LogP contribution is -2.23. The van der Waals surface area contributed by atoms with Crippen LogP contribution in [0.25, 0.3) is 0 Å². The highest BCUT2D eigenvalue weighted by Gasteiger charge is 2.21. The van der Waals surface area contributed by atoms with Gasteiger partial charge in [0.1, 0.15) is 0 Å². The summed E-state index contributed by atoms with van der Waals surface area (Å²) in [7, 11) is 0. The van der Waals surface area contributed by atoms with Crippen molar-refractivity contribution >= 4 is 24.0 Å². The first-order chi connectivity index (χ1) is 7.27. The standard InChI is InChI=1S/C13H18ClN.ClH/c14-12-8-6-11(7-9-12)13(15)10-4-2-1-3-5-10;/h6-10,13H,1-5,15H2;1H/t13-;/m1./s1. The predicted molar refractivity (Wildman–Crippen MR) is 72.2 cm³/mol. The molecule has 0 amide bonds. The third-order valence-corrected chi connectivity index (χ3v) is 3.66. The Bertz CT molecular complexity index is 304. The van der Waals surface area contributed by atoms with E-state index in [1.54, 1.807) is 0 Å². The summed E-state index contributed by atoms with van der Waals surface area (Å²) in [6.07, 6.45) is 6.62. The molecule has 1 aromatic rings. The predicted octanol–water partition coefficient (Wildman–Crippen LogP) is 4.34. The first-order valence-corrected chi connectivity index (χ1v) is 6.16. The maximum atomic E-state index is 6.28. The van der Waals surface area contributed by atoms with Gasteiger partial charge in [-0.15, -0.1) is 12.4 Å². The largest absolute Gasteiger partial charge is 0.324 e. The minimum atomic E-state index is 0. The van der Waals surface area contributed by atoms with Crippen molar-refractivity contribution in [2.75, 3.05) is 0 Å². The second kappa shape index (κ2) is 6.48. The molecule has 0 aromatic heterocycles. The van der Waals surface area contributed by atoms with E-state index in [4.69, 9.17) is 17.3 Å². The quantitative estimate of drug-likeness (QED) is 0.840. The van der Waals surface area contributed by atoms with E-state index in [9.17, 15) is 0 Å². The molecule has 1 saturated carbocycles. The average Bonchev–Trinajstić information content (AvgIpc) is 2.30. The Morgan fingerprint density at radius 2 is 1.62 bits per heavy atom. The van der Waals surface area contributed by atoms with Crippen LogP contribution in [0.1, 0.15) is 43.7 Å². The monoisotopic (exact) mass is 259 g/mol. The van der Waals surface area contributed by atoms with Crippen molar-refractivity contribution < 1.29 is 0 Å². The van der Waals surface area contributed by atoms with Gasteiger partial charge in [0.25, 0.3) is 0 Å². The first-order valence-electron chi connectivity index (χ1n) is 5.78. The number of rotatable bonds is 2. The van der Waals surface area contributed by atoms with Crippen molar-refractivity contribution in [1.82, 2.24) is 0 Å². The molecule has 2 N–H and O–H groups in total. The van der Waals surface area contributed by atoms with Crippen LogP contribution < -0.4 is 5.73 Å². The van der Waals surface area contributed by atoms with E-state index in [0.717, 1.165) is 5.02 Å². The third-order valence-electron chi connectivity index (χ3n) is 3.41. The fraction of sp³-hybridized carbons (Fsp3) is 0.538. The molecule has 0 bridgehead atoms. The van der Waals surface area contributed by atoms with E-state index in [2.05, 4.69) is 12.1 Å². The van der Waals surface area contributed by atoms with E-state index >= 15 is 0 Å². The van der Waals surface area contributed by atoms with Gasteiger partial charge >= 0.3 is 0 Å². The maximum Gasteiger partial charge on any atom is 0.0406 e. The summed E-state index contributed by atoms with van der Waals surface area (Å²) in [5.74, 6) is 0.667. The second-order valence-corrected chi connectivity index (χ2v) is 4.91. The fourth-order valence-electron chi connectivity index (χ4n) is 2.45. The lowest BCUT2D eigenvalue weighted by molar-refractivity contribution is 0.308. The number of nitrogens with two attached hydrogens (primary N) is 1. The highest BCUT2D eigenvalue weighted by molar-refractivity contribution is 6.30. The molecule has 0 heterocycles. The Balaban J connectivity index is 0.00000128. The first kappa shape index (κ1) is 13.8. The van der Waals surface area contributed by atoms with Crippen LogP contribution in [0.4, 0.5) is 0 Å². The molecule has 0 spiro atoms. The van der Waals surface area contributed by atoms with Crippen molar-refractivity contribution in [3.8, 4) is 0 Å². The van der Waals surface area contributed by atoms with E-state index in [1.165, 1.54) is 37.7 Å². The van der Waals surface area contributed by atoms with Gasteiger partial charge in [0.2, 0.25) is 0 Å². The number of hydrogen-bond acceptors (Lipinski definition) is 1. The lowest BCUT2D eigenvalue weighted by Gasteiger charge is -2.27. The van der Waals surface area contributed by atoms with Crippen LogP contribution in [0.15, 0.2) is 24.3 Å². The zero-order chi connectivity index (χ0) is 10.7. The molecule has 1 aromatic carbocycles. The van der Waals surface area contributed by atoms with E-state index < -0.39 is 0 Å². The summed E-state index contributed by atoms with van der Waals surface area (Å²) in [6, 6.07) is 8.17. The van der Waals surface area contributed by atoms with Gasteiger partial charge in [-0.05, 0) is 36.5 Å². The van der Waals surface area contributed by atoms with Crippen molar-refractivity contribution in [3.05, 3.63) is 34.9 Å². The van der Waals surface area contributed by atoms with Crippen molar-refractivity contribution in [1.29, 1.82) is 0 Å². The molecule has 90 valence electrons. The zero-order valence-electron chi connectivity index (χ0n) is 9.36. The van der Waals surface area contributed by atoms with E-state index in [0.29, 0.717) is 5.92 Å². The summed E-state index contributed by atoms with van der Waals surface area (Å²) in [6.45, 7) is 0. The second-order valence-electron chi connectivity index (χ2n) is 4.48. The van der Waals surface area contributed by atoms with Gasteiger partial charge in [0, 0.05) is 11.1 Å². The summed E-state index contributed by atoms with van der Waals surface area (Å²) in [4.78, 5) is 0. The van der Waals surface area contributed by atoms with Crippen molar-refractivity contribution in [2.45, 2.75) is 38.1 Å². The zero-order valence-corrected chi connectivity index (χ0v) is 10.9.